The molecule has 0 spiro atoms. The Morgan fingerprint density at radius 2 is 2.11 bits per heavy atom. The summed E-state index contributed by atoms with van der Waals surface area (Å²) < 4.78 is 14.5. The zero-order valence-electron chi connectivity index (χ0n) is 9.80. The molecule has 0 aliphatic carbocycles. The second kappa shape index (κ2) is 4.24. The van der Waals surface area contributed by atoms with Crippen LogP contribution in [0.3, 0.4) is 0 Å². The number of aromatic amines is 1. The van der Waals surface area contributed by atoms with Gasteiger partial charge in [0.25, 0.3) is 0 Å². The van der Waals surface area contributed by atoms with Crippen LogP contribution in [0.25, 0.3) is 16.9 Å². The SMILES string of the molecule is O=C(O)Cc1cn2[nH]c(-c3ccc(F)cc3)cc2n1. The first-order valence-electron chi connectivity index (χ1n) is 5.66. The fraction of sp³-hybridized carbons (Fsp3) is 0.0769. The number of rotatable bonds is 3. The predicted octanol–water partition coefficient (Wildman–Crippen LogP) is 2.10. The minimum Gasteiger partial charge on any atom is -0.481 e. The van der Waals surface area contributed by atoms with E-state index in [2.05, 4.69) is 10.1 Å². The molecular formula is C13H10FN3O2. The summed E-state index contributed by atoms with van der Waals surface area (Å²) in [7, 11) is 0. The molecule has 3 rings (SSSR count). The van der Waals surface area contributed by atoms with E-state index in [-0.39, 0.29) is 12.2 Å². The zero-order valence-corrected chi connectivity index (χ0v) is 9.80. The number of halogens is 1. The van der Waals surface area contributed by atoms with E-state index in [0.717, 1.165) is 11.3 Å². The van der Waals surface area contributed by atoms with Gasteiger partial charge >= 0.3 is 5.97 Å². The minimum absolute atomic E-state index is 0.110. The van der Waals surface area contributed by atoms with E-state index in [1.165, 1.54) is 12.1 Å². The van der Waals surface area contributed by atoms with Crippen molar-refractivity contribution in [1.82, 2.24) is 14.6 Å². The van der Waals surface area contributed by atoms with Crippen molar-refractivity contribution >= 4 is 11.6 Å². The quantitative estimate of drug-likeness (QED) is 0.756. The Hall–Kier alpha value is -2.63. The van der Waals surface area contributed by atoms with Gasteiger partial charge < -0.3 is 5.11 Å². The van der Waals surface area contributed by atoms with Crippen LogP contribution in [0.1, 0.15) is 5.69 Å². The predicted molar refractivity (Wildman–Crippen MR) is 66.3 cm³/mol. The van der Waals surface area contributed by atoms with Crippen LogP contribution in [0.15, 0.2) is 36.5 Å². The van der Waals surface area contributed by atoms with Gasteiger partial charge in [-0.25, -0.2) is 13.9 Å². The van der Waals surface area contributed by atoms with Crippen LogP contribution < -0.4 is 0 Å². The average molecular weight is 259 g/mol. The number of fused-ring (bicyclic) bond motifs is 1. The number of hydrogen-bond acceptors (Lipinski definition) is 2. The van der Waals surface area contributed by atoms with Crippen LogP contribution in [0, 0.1) is 5.82 Å². The summed E-state index contributed by atoms with van der Waals surface area (Å²) in [6.07, 6.45) is 1.53. The lowest BCUT2D eigenvalue weighted by Crippen LogP contribution is -1.99. The van der Waals surface area contributed by atoms with Crippen LogP contribution in [0.4, 0.5) is 4.39 Å². The Kier molecular flexibility index (Phi) is 2.56. The summed E-state index contributed by atoms with van der Waals surface area (Å²) in [6, 6.07) is 7.89. The molecule has 0 amide bonds. The Morgan fingerprint density at radius 1 is 1.37 bits per heavy atom. The van der Waals surface area contributed by atoms with Crippen molar-refractivity contribution in [2.45, 2.75) is 6.42 Å². The molecule has 2 aromatic heterocycles. The first kappa shape index (κ1) is 11.5. The van der Waals surface area contributed by atoms with Crippen molar-refractivity contribution in [3.63, 3.8) is 0 Å². The molecule has 3 aromatic rings. The molecule has 0 saturated heterocycles. The highest BCUT2D eigenvalue weighted by Gasteiger charge is 2.09. The molecule has 0 saturated carbocycles. The van der Waals surface area contributed by atoms with Gasteiger partial charge in [0.1, 0.15) is 5.82 Å². The van der Waals surface area contributed by atoms with Crippen LogP contribution >= 0.6 is 0 Å². The number of nitrogens with zero attached hydrogens (tertiary/aromatic N) is 2. The van der Waals surface area contributed by atoms with Crippen LogP contribution in [0.2, 0.25) is 0 Å². The third-order valence-electron chi connectivity index (χ3n) is 2.79. The summed E-state index contributed by atoms with van der Waals surface area (Å²) in [5.41, 5.74) is 2.76. The fourth-order valence-corrected chi connectivity index (χ4v) is 1.94. The van der Waals surface area contributed by atoms with Crippen LogP contribution in [0.5, 0.6) is 0 Å². The zero-order chi connectivity index (χ0) is 13.4. The Labute approximate surface area is 107 Å². The lowest BCUT2D eigenvalue weighted by Gasteiger charge is -1.96. The smallest absolute Gasteiger partial charge is 0.309 e. The molecule has 1 aromatic carbocycles. The fourth-order valence-electron chi connectivity index (χ4n) is 1.94. The minimum atomic E-state index is -0.917. The molecule has 2 heterocycles. The monoisotopic (exact) mass is 259 g/mol. The Balaban J connectivity index is 1.96. The highest BCUT2D eigenvalue weighted by atomic mass is 19.1. The van der Waals surface area contributed by atoms with E-state index in [1.807, 2.05) is 0 Å². The topological polar surface area (TPSA) is 70.4 Å². The van der Waals surface area contributed by atoms with Gasteiger partial charge in [-0.05, 0) is 29.8 Å². The van der Waals surface area contributed by atoms with Gasteiger partial charge in [-0.1, -0.05) is 0 Å². The van der Waals surface area contributed by atoms with Crippen molar-refractivity contribution < 1.29 is 14.3 Å². The highest BCUT2D eigenvalue weighted by molar-refractivity contribution is 5.70. The standard InChI is InChI=1S/C13H10FN3O2/c14-9-3-1-8(2-4-9)11-6-12-15-10(5-13(18)19)7-17(12)16-11/h1-4,6-7,16H,5H2,(H,18,19). The van der Waals surface area contributed by atoms with Crippen LogP contribution in [-0.4, -0.2) is 25.7 Å². The number of carbonyl (C=O) groups is 1. The number of aromatic nitrogens is 3. The van der Waals surface area contributed by atoms with E-state index >= 15 is 0 Å². The van der Waals surface area contributed by atoms with Gasteiger partial charge in [0.2, 0.25) is 0 Å². The lowest BCUT2D eigenvalue weighted by atomic mass is 10.1. The molecule has 0 aliphatic rings. The Morgan fingerprint density at radius 3 is 2.74 bits per heavy atom. The molecule has 6 heteroatoms. The van der Waals surface area contributed by atoms with Crippen molar-refractivity contribution in [1.29, 1.82) is 0 Å². The van der Waals surface area contributed by atoms with E-state index in [1.54, 1.807) is 28.9 Å². The summed E-state index contributed by atoms with van der Waals surface area (Å²) in [4.78, 5) is 14.8. The maximum Gasteiger partial charge on any atom is 0.309 e. The van der Waals surface area contributed by atoms with Gasteiger partial charge in [-0.3, -0.25) is 9.89 Å². The highest BCUT2D eigenvalue weighted by Crippen LogP contribution is 2.20. The van der Waals surface area contributed by atoms with E-state index < -0.39 is 5.97 Å². The number of imidazole rings is 1. The van der Waals surface area contributed by atoms with Crippen molar-refractivity contribution in [3.8, 4) is 11.3 Å². The van der Waals surface area contributed by atoms with Crippen molar-refractivity contribution in [2.24, 2.45) is 0 Å². The molecule has 0 radical (unpaired) electrons. The van der Waals surface area contributed by atoms with Gasteiger partial charge in [0, 0.05) is 6.07 Å². The molecule has 0 bridgehead atoms. The van der Waals surface area contributed by atoms with Gasteiger partial charge in [-0.15, -0.1) is 0 Å². The van der Waals surface area contributed by atoms with Crippen LogP contribution in [-0.2, 0) is 11.2 Å². The molecule has 0 aliphatic heterocycles. The third-order valence-corrected chi connectivity index (χ3v) is 2.79. The van der Waals surface area contributed by atoms with Gasteiger partial charge in [0.15, 0.2) is 5.65 Å². The molecule has 96 valence electrons. The molecule has 5 nitrogen and oxygen atoms in total. The number of hydrogen-bond donors (Lipinski definition) is 2. The summed E-state index contributed by atoms with van der Waals surface area (Å²) >= 11 is 0. The molecule has 19 heavy (non-hydrogen) atoms. The first-order chi connectivity index (χ1) is 9.11. The second-order valence-electron chi connectivity index (χ2n) is 4.21. The number of benzene rings is 1. The molecule has 0 atom stereocenters. The number of H-pyrrole nitrogens is 1. The molecular weight excluding hydrogens is 249 g/mol. The first-order valence-corrected chi connectivity index (χ1v) is 5.66. The van der Waals surface area contributed by atoms with E-state index in [9.17, 15) is 9.18 Å². The molecule has 2 N–H and O–H groups in total. The maximum absolute atomic E-state index is 12.8. The normalized spacial score (nSPS) is 11.0. The second-order valence-corrected chi connectivity index (χ2v) is 4.21. The van der Waals surface area contributed by atoms with E-state index in [4.69, 9.17) is 5.11 Å². The van der Waals surface area contributed by atoms with Crippen molar-refractivity contribution in [3.05, 3.63) is 48.0 Å². The largest absolute Gasteiger partial charge is 0.481 e. The van der Waals surface area contributed by atoms with Gasteiger partial charge in [0.05, 0.1) is 24.0 Å². The number of aliphatic carboxylic acids is 1. The third kappa shape index (κ3) is 2.20. The number of nitrogens with one attached hydrogen (secondary N) is 1. The average Bonchev–Trinajstić information content (AvgIpc) is 2.86. The van der Waals surface area contributed by atoms with E-state index in [0.29, 0.717) is 11.3 Å². The maximum atomic E-state index is 12.8. The lowest BCUT2D eigenvalue weighted by molar-refractivity contribution is -0.136. The van der Waals surface area contributed by atoms with Gasteiger partial charge in [-0.2, -0.15) is 0 Å². The number of carboxylic acids is 1. The number of carboxylic acid groups (broad SMARTS) is 1. The molecule has 0 fully saturated rings. The molecule has 0 unspecified atom stereocenters. The summed E-state index contributed by atoms with van der Waals surface area (Å²) in [5.74, 6) is -1.21. The summed E-state index contributed by atoms with van der Waals surface area (Å²) in [6.45, 7) is 0. The summed E-state index contributed by atoms with van der Waals surface area (Å²) in [5, 5.41) is 11.8. The van der Waals surface area contributed by atoms with Crippen molar-refractivity contribution in [2.75, 3.05) is 0 Å². The Bertz CT molecular complexity index is 711.